The molecule has 0 spiro atoms. The molecular weight excluding hydrogens is 270 g/mol. The molecule has 1 aliphatic carbocycles. The molecule has 1 fully saturated rings. The first-order chi connectivity index (χ1) is 10.0. The second kappa shape index (κ2) is 6.16. The first-order valence-corrected chi connectivity index (χ1v) is 7.20. The number of hydrogen-bond donors (Lipinski definition) is 1. The number of benzene rings is 1. The monoisotopic (exact) mass is 291 g/mol. The SMILES string of the molecule is CCN(CCC(=O)O)C(=O)C1(c2ccccc2OC)CC1. The van der Waals surface area contributed by atoms with E-state index >= 15 is 0 Å². The van der Waals surface area contributed by atoms with Crippen molar-refractivity contribution < 1.29 is 19.4 Å². The Bertz CT molecular complexity index is 537. The Morgan fingerprint density at radius 1 is 1.33 bits per heavy atom. The second-order valence-electron chi connectivity index (χ2n) is 5.31. The summed E-state index contributed by atoms with van der Waals surface area (Å²) in [6, 6.07) is 7.56. The fourth-order valence-corrected chi connectivity index (χ4v) is 2.70. The van der Waals surface area contributed by atoms with Gasteiger partial charge in [-0.15, -0.1) is 0 Å². The number of carboxylic acid groups (broad SMARTS) is 1. The van der Waals surface area contributed by atoms with Crippen molar-refractivity contribution in [1.29, 1.82) is 0 Å². The van der Waals surface area contributed by atoms with E-state index in [0.29, 0.717) is 6.54 Å². The van der Waals surface area contributed by atoms with Gasteiger partial charge < -0.3 is 14.7 Å². The Labute approximate surface area is 124 Å². The lowest BCUT2D eigenvalue weighted by molar-refractivity contribution is -0.139. The molecule has 1 N–H and O–H groups in total. The highest BCUT2D eigenvalue weighted by Crippen LogP contribution is 2.52. The molecule has 0 unspecified atom stereocenters. The summed E-state index contributed by atoms with van der Waals surface area (Å²) in [4.78, 5) is 25.2. The summed E-state index contributed by atoms with van der Waals surface area (Å²) < 4.78 is 5.37. The molecule has 5 heteroatoms. The smallest absolute Gasteiger partial charge is 0.305 e. The molecule has 5 nitrogen and oxygen atoms in total. The van der Waals surface area contributed by atoms with Gasteiger partial charge in [-0.05, 0) is 25.8 Å². The van der Waals surface area contributed by atoms with E-state index in [9.17, 15) is 9.59 Å². The first-order valence-electron chi connectivity index (χ1n) is 7.20. The molecule has 0 heterocycles. The van der Waals surface area contributed by atoms with Crippen LogP contribution in [0.1, 0.15) is 31.7 Å². The van der Waals surface area contributed by atoms with Crippen LogP contribution in [-0.4, -0.2) is 42.1 Å². The van der Waals surface area contributed by atoms with E-state index in [2.05, 4.69) is 0 Å². The van der Waals surface area contributed by atoms with Crippen LogP contribution in [0.5, 0.6) is 5.75 Å². The van der Waals surface area contributed by atoms with Crippen LogP contribution in [0.2, 0.25) is 0 Å². The molecule has 1 aromatic carbocycles. The number of carboxylic acids is 1. The number of para-hydroxylation sites is 1. The van der Waals surface area contributed by atoms with Crippen LogP contribution in [0, 0.1) is 0 Å². The van der Waals surface area contributed by atoms with E-state index in [0.717, 1.165) is 24.2 Å². The topological polar surface area (TPSA) is 66.8 Å². The van der Waals surface area contributed by atoms with Gasteiger partial charge in [0.2, 0.25) is 5.91 Å². The summed E-state index contributed by atoms with van der Waals surface area (Å²) >= 11 is 0. The number of aliphatic carboxylic acids is 1. The highest BCUT2D eigenvalue weighted by Gasteiger charge is 2.54. The molecule has 1 aliphatic rings. The summed E-state index contributed by atoms with van der Waals surface area (Å²) in [5.74, 6) is -0.156. The molecule has 1 saturated carbocycles. The van der Waals surface area contributed by atoms with Crippen LogP contribution in [0.25, 0.3) is 0 Å². The minimum absolute atomic E-state index is 0.00995. The molecule has 0 aromatic heterocycles. The minimum atomic E-state index is -0.886. The van der Waals surface area contributed by atoms with Gasteiger partial charge in [-0.2, -0.15) is 0 Å². The molecule has 21 heavy (non-hydrogen) atoms. The second-order valence-corrected chi connectivity index (χ2v) is 5.31. The van der Waals surface area contributed by atoms with Crippen LogP contribution in [0.4, 0.5) is 0 Å². The average Bonchev–Trinajstić information content (AvgIpc) is 3.29. The fraction of sp³-hybridized carbons (Fsp3) is 0.500. The van der Waals surface area contributed by atoms with E-state index in [-0.39, 0.29) is 18.9 Å². The fourth-order valence-electron chi connectivity index (χ4n) is 2.70. The van der Waals surface area contributed by atoms with Crippen molar-refractivity contribution >= 4 is 11.9 Å². The van der Waals surface area contributed by atoms with Crippen molar-refractivity contribution in [2.75, 3.05) is 20.2 Å². The summed E-state index contributed by atoms with van der Waals surface area (Å²) in [7, 11) is 1.60. The number of nitrogens with zero attached hydrogens (tertiary/aromatic N) is 1. The Morgan fingerprint density at radius 2 is 2.00 bits per heavy atom. The number of ether oxygens (including phenoxy) is 1. The van der Waals surface area contributed by atoms with Gasteiger partial charge >= 0.3 is 5.97 Å². The summed E-state index contributed by atoms with van der Waals surface area (Å²) in [5, 5.41) is 8.80. The lowest BCUT2D eigenvalue weighted by Gasteiger charge is -2.27. The molecule has 1 aromatic rings. The maximum atomic E-state index is 12.8. The van der Waals surface area contributed by atoms with Gasteiger partial charge in [-0.3, -0.25) is 9.59 Å². The van der Waals surface area contributed by atoms with Gasteiger partial charge in [0.05, 0.1) is 18.9 Å². The largest absolute Gasteiger partial charge is 0.496 e. The minimum Gasteiger partial charge on any atom is -0.496 e. The van der Waals surface area contributed by atoms with Gasteiger partial charge in [0.15, 0.2) is 0 Å². The van der Waals surface area contributed by atoms with Gasteiger partial charge in [0.1, 0.15) is 5.75 Å². The first kappa shape index (κ1) is 15.4. The van der Waals surface area contributed by atoms with Gasteiger partial charge in [-0.25, -0.2) is 0 Å². The third-order valence-electron chi connectivity index (χ3n) is 4.05. The summed E-state index contributed by atoms with van der Waals surface area (Å²) in [5.41, 5.74) is 0.382. The van der Waals surface area contributed by atoms with Crippen molar-refractivity contribution in [3.63, 3.8) is 0 Å². The highest BCUT2D eigenvalue weighted by molar-refractivity contribution is 5.92. The number of likely N-dealkylation sites (N-methyl/N-ethyl adjacent to an activating group) is 1. The van der Waals surface area contributed by atoms with Gasteiger partial charge in [0, 0.05) is 18.7 Å². The van der Waals surface area contributed by atoms with Gasteiger partial charge in [-0.1, -0.05) is 18.2 Å². The van der Waals surface area contributed by atoms with Crippen LogP contribution in [-0.2, 0) is 15.0 Å². The standard InChI is InChI=1S/C16H21NO4/c1-3-17(11-8-14(18)19)15(20)16(9-10-16)12-6-4-5-7-13(12)21-2/h4-7H,3,8-11H2,1-2H3,(H,18,19). The molecule has 0 atom stereocenters. The molecular formula is C16H21NO4. The molecule has 1 amide bonds. The molecule has 0 bridgehead atoms. The maximum absolute atomic E-state index is 12.8. The molecule has 2 rings (SSSR count). The van der Waals surface area contributed by atoms with E-state index in [1.165, 1.54) is 0 Å². The maximum Gasteiger partial charge on any atom is 0.305 e. The lowest BCUT2D eigenvalue weighted by Crippen LogP contribution is -2.40. The Hall–Kier alpha value is -2.04. The Morgan fingerprint density at radius 3 is 2.52 bits per heavy atom. The van der Waals surface area contributed by atoms with Crippen LogP contribution < -0.4 is 4.74 Å². The predicted molar refractivity (Wildman–Crippen MR) is 78.4 cm³/mol. The number of methoxy groups -OCH3 is 1. The Balaban J connectivity index is 2.22. The molecule has 114 valence electrons. The number of rotatable bonds is 7. The van der Waals surface area contributed by atoms with Crippen LogP contribution >= 0.6 is 0 Å². The van der Waals surface area contributed by atoms with E-state index in [1.807, 2.05) is 31.2 Å². The van der Waals surface area contributed by atoms with Crippen molar-refractivity contribution in [1.82, 2.24) is 4.90 Å². The highest BCUT2D eigenvalue weighted by atomic mass is 16.5. The summed E-state index contributed by atoms with van der Waals surface area (Å²) in [6.07, 6.45) is 1.55. The number of hydrogen-bond acceptors (Lipinski definition) is 3. The van der Waals surface area contributed by atoms with Crippen LogP contribution in [0.15, 0.2) is 24.3 Å². The van der Waals surface area contributed by atoms with E-state index < -0.39 is 11.4 Å². The third-order valence-corrected chi connectivity index (χ3v) is 4.05. The quantitative estimate of drug-likeness (QED) is 0.835. The van der Waals surface area contributed by atoms with E-state index in [4.69, 9.17) is 9.84 Å². The molecule has 0 radical (unpaired) electrons. The number of carbonyl (C=O) groups is 2. The predicted octanol–water partition coefficient (Wildman–Crippen LogP) is 2.05. The zero-order valence-corrected chi connectivity index (χ0v) is 12.5. The average molecular weight is 291 g/mol. The van der Waals surface area contributed by atoms with Crippen molar-refractivity contribution in [3.05, 3.63) is 29.8 Å². The number of amides is 1. The zero-order chi connectivity index (χ0) is 15.5. The van der Waals surface area contributed by atoms with Crippen molar-refractivity contribution in [3.8, 4) is 5.75 Å². The van der Waals surface area contributed by atoms with Gasteiger partial charge in [0.25, 0.3) is 0 Å². The third kappa shape index (κ3) is 3.01. The molecule has 0 aliphatic heterocycles. The summed E-state index contributed by atoms with van der Waals surface area (Å²) in [6.45, 7) is 2.64. The normalized spacial score (nSPS) is 15.3. The van der Waals surface area contributed by atoms with E-state index in [1.54, 1.807) is 12.0 Å². The van der Waals surface area contributed by atoms with Crippen molar-refractivity contribution in [2.45, 2.75) is 31.6 Å². The lowest BCUT2D eigenvalue weighted by atomic mass is 9.93. The molecule has 0 saturated heterocycles. The Kier molecular flexibility index (Phi) is 4.50. The van der Waals surface area contributed by atoms with Crippen LogP contribution in [0.3, 0.4) is 0 Å². The number of carbonyl (C=O) groups excluding carboxylic acids is 1. The zero-order valence-electron chi connectivity index (χ0n) is 12.5. The van der Waals surface area contributed by atoms with Crippen molar-refractivity contribution in [2.24, 2.45) is 0 Å².